The Morgan fingerprint density at radius 2 is 1.86 bits per heavy atom. The number of para-hydroxylation sites is 1. The van der Waals surface area contributed by atoms with Crippen molar-refractivity contribution in [2.45, 2.75) is 39.2 Å². The number of fused-ring (bicyclic) bond motifs is 2. The van der Waals surface area contributed by atoms with Crippen LogP contribution >= 0.6 is 0 Å². The summed E-state index contributed by atoms with van der Waals surface area (Å²) >= 11 is 0. The molecular formula is C27H23F2N3O3. The van der Waals surface area contributed by atoms with Gasteiger partial charge >= 0.3 is 0 Å². The van der Waals surface area contributed by atoms with Crippen molar-refractivity contribution in [3.05, 3.63) is 94.2 Å². The summed E-state index contributed by atoms with van der Waals surface area (Å²) in [6.45, 7) is 3.25. The third-order valence-corrected chi connectivity index (χ3v) is 6.26. The standard InChI is InChI=1S/C27H23F2N3O3/c1-15-10-23-27(24(33)12-17-13-25(34)30-22-9-4-3-6-18(17)22)16(2)31-32(23)26(11-15)35-14-19-20(28)7-5-8-21(19)29/h3-11,17H,12-14H2,1-2H3,(H,30,34). The molecule has 8 heteroatoms. The number of hydrogen-bond acceptors (Lipinski definition) is 4. The normalized spacial score (nSPS) is 15.1. The Morgan fingerprint density at radius 3 is 2.63 bits per heavy atom. The molecule has 0 fully saturated rings. The van der Waals surface area contributed by atoms with Crippen LogP contribution in [-0.4, -0.2) is 21.3 Å². The first kappa shape index (κ1) is 22.7. The van der Waals surface area contributed by atoms with Crippen LogP contribution in [0.5, 0.6) is 5.88 Å². The van der Waals surface area contributed by atoms with E-state index >= 15 is 0 Å². The van der Waals surface area contributed by atoms with Gasteiger partial charge in [0.1, 0.15) is 18.2 Å². The van der Waals surface area contributed by atoms with Gasteiger partial charge in [-0.25, -0.2) is 13.3 Å². The van der Waals surface area contributed by atoms with Crippen molar-refractivity contribution in [3.8, 4) is 5.88 Å². The second kappa shape index (κ2) is 8.94. The molecule has 0 radical (unpaired) electrons. The summed E-state index contributed by atoms with van der Waals surface area (Å²) in [5.74, 6) is -1.62. The Labute approximate surface area is 200 Å². The fourth-order valence-corrected chi connectivity index (χ4v) is 4.63. The van der Waals surface area contributed by atoms with E-state index in [1.54, 1.807) is 13.0 Å². The summed E-state index contributed by atoms with van der Waals surface area (Å²) in [7, 11) is 0. The number of ketones is 1. The maximum atomic E-state index is 14.1. The predicted octanol–water partition coefficient (Wildman–Crippen LogP) is 5.51. The number of nitrogens with one attached hydrogen (secondary N) is 1. The number of carbonyl (C=O) groups excluding carboxylic acids is 2. The van der Waals surface area contributed by atoms with E-state index in [0.29, 0.717) is 16.8 Å². The second-order valence-electron chi connectivity index (χ2n) is 8.78. The topological polar surface area (TPSA) is 72.7 Å². The van der Waals surface area contributed by atoms with Gasteiger partial charge in [0, 0.05) is 30.5 Å². The molecule has 1 atom stereocenters. The minimum absolute atomic E-state index is 0.120. The molecule has 1 amide bonds. The van der Waals surface area contributed by atoms with Crippen LogP contribution in [0, 0.1) is 25.5 Å². The van der Waals surface area contributed by atoms with Crippen LogP contribution in [0.1, 0.15) is 51.5 Å². The maximum Gasteiger partial charge on any atom is 0.225 e. The number of amides is 1. The number of hydrogen-bond donors (Lipinski definition) is 1. The minimum atomic E-state index is -0.696. The van der Waals surface area contributed by atoms with Crippen molar-refractivity contribution in [3.63, 3.8) is 0 Å². The lowest BCUT2D eigenvalue weighted by Gasteiger charge is -2.25. The molecule has 1 aliphatic heterocycles. The van der Waals surface area contributed by atoms with Crippen LogP contribution in [0.4, 0.5) is 14.5 Å². The lowest BCUT2D eigenvalue weighted by atomic mass is 9.85. The van der Waals surface area contributed by atoms with E-state index in [1.165, 1.54) is 22.7 Å². The Kier molecular flexibility index (Phi) is 5.80. The summed E-state index contributed by atoms with van der Waals surface area (Å²) in [4.78, 5) is 25.7. The highest BCUT2D eigenvalue weighted by molar-refractivity contribution is 6.05. The Balaban J connectivity index is 1.47. The summed E-state index contributed by atoms with van der Waals surface area (Å²) in [5, 5.41) is 7.34. The van der Waals surface area contributed by atoms with Gasteiger partial charge in [-0.15, -0.1) is 0 Å². The molecule has 2 aromatic heterocycles. The highest BCUT2D eigenvalue weighted by atomic mass is 19.1. The van der Waals surface area contributed by atoms with E-state index in [-0.39, 0.29) is 48.5 Å². The smallest absolute Gasteiger partial charge is 0.225 e. The number of aryl methyl sites for hydroxylation is 2. The highest BCUT2D eigenvalue weighted by Crippen LogP contribution is 2.36. The Morgan fingerprint density at radius 1 is 1.11 bits per heavy atom. The number of nitrogens with zero attached hydrogens (tertiary/aromatic N) is 2. The van der Waals surface area contributed by atoms with E-state index < -0.39 is 11.6 Å². The number of halogens is 2. The Bertz CT molecular complexity index is 1460. The quantitative estimate of drug-likeness (QED) is 0.374. The van der Waals surface area contributed by atoms with Crippen LogP contribution < -0.4 is 10.1 Å². The van der Waals surface area contributed by atoms with Crippen LogP contribution in [0.15, 0.2) is 54.6 Å². The molecule has 178 valence electrons. The zero-order valence-electron chi connectivity index (χ0n) is 19.3. The van der Waals surface area contributed by atoms with Crippen molar-refractivity contribution >= 4 is 22.9 Å². The number of carbonyl (C=O) groups is 2. The summed E-state index contributed by atoms with van der Waals surface area (Å²) in [6, 6.07) is 14.7. The van der Waals surface area contributed by atoms with Gasteiger partial charge in [0.15, 0.2) is 5.78 Å². The fourth-order valence-electron chi connectivity index (χ4n) is 4.63. The molecular weight excluding hydrogens is 452 g/mol. The SMILES string of the molecule is Cc1cc(OCc2c(F)cccc2F)n2nc(C)c(C(=O)CC3CC(=O)Nc4ccccc43)c2c1. The van der Waals surface area contributed by atoms with Crippen LogP contribution in [-0.2, 0) is 11.4 Å². The third kappa shape index (κ3) is 4.27. The van der Waals surface area contributed by atoms with Gasteiger partial charge in [-0.05, 0) is 49.2 Å². The molecule has 4 aromatic rings. The van der Waals surface area contributed by atoms with Gasteiger partial charge in [-0.3, -0.25) is 9.59 Å². The lowest BCUT2D eigenvalue weighted by Crippen LogP contribution is -2.24. The van der Waals surface area contributed by atoms with Gasteiger partial charge in [-0.2, -0.15) is 5.10 Å². The first-order valence-electron chi connectivity index (χ1n) is 11.3. The van der Waals surface area contributed by atoms with Crippen molar-refractivity contribution in [2.24, 2.45) is 0 Å². The minimum Gasteiger partial charge on any atom is -0.473 e. The van der Waals surface area contributed by atoms with E-state index in [9.17, 15) is 18.4 Å². The molecule has 3 heterocycles. The lowest BCUT2D eigenvalue weighted by molar-refractivity contribution is -0.116. The second-order valence-corrected chi connectivity index (χ2v) is 8.78. The molecule has 0 saturated heterocycles. The van der Waals surface area contributed by atoms with E-state index in [0.717, 1.165) is 16.8 Å². The first-order chi connectivity index (χ1) is 16.8. The monoisotopic (exact) mass is 475 g/mol. The van der Waals surface area contributed by atoms with Gasteiger partial charge in [0.05, 0.1) is 22.3 Å². The predicted molar refractivity (Wildman–Crippen MR) is 127 cm³/mol. The molecule has 0 saturated carbocycles. The zero-order valence-corrected chi connectivity index (χ0v) is 19.3. The van der Waals surface area contributed by atoms with E-state index in [1.807, 2.05) is 37.3 Å². The molecule has 1 N–H and O–H groups in total. The van der Waals surface area contributed by atoms with Crippen LogP contribution in [0.25, 0.3) is 5.52 Å². The van der Waals surface area contributed by atoms with Crippen LogP contribution in [0.3, 0.4) is 0 Å². The molecule has 2 aromatic carbocycles. The van der Waals surface area contributed by atoms with Crippen molar-refractivity contribution in [1.29, 1.82) is 0 Å². The molecule has 0 spiro atoms. The molecule has 0 aliphatic carbocycles. The zero-order chi connectivity index (χ0) is 24.7. The average molecular weight is 475 g/mol. The van der Waals surface area contributed by atoms with E-state index in [4.69, 9.17) is 4.74 Å². The number of anilines is 1. The van der Waals surface area contributed by atoms with E-state index in [2.05, 4.69) is 10.4 Å². The van der Waals surface area contributed by atoms with Crippen LogP contribution in [0.2, 0.25) is 0 Å². The first-order valence-corrected chi connectivity index (χ1v) is 11.3. The average Bonchev–Trinajstić information content (AvgIpc) is 3.14. The number of rotatable bonds is 6. The van der Waals surface area contributed by atoms with Crippen molar-refractivity contribution in [1.82, 2.24) is 9.61 Å². The largest absolute Gasteiger partial charge is 0.473 e. The molecule has 1 unspecified atom stereocenters. The highest BCUT2D eigenvalue weighted by Gasteiger charge is 2.29. The molecule has 35 heavy (non-hydrogen) atoms. The maximum absolute atomic E-state index is 14.1. The third-order valence-electron chi connectivity index (χ3n) is 6.26. The number of Topliss-reactive ketones (excluding diaryl/α,β-unsaturated/α-hetero) is 1. The number of aromatic nitrogens is 2. The van der Waals surface area contributed by atoms with Gasteiger partial charge < -0.3 is 10.1 Å². The summed E-state index contributed by atoms with van der Waals surface area (Å²) in [5.41, 5.74) is 3.78. The fraction of sp³-hybridized carbons (Fsp3) is 0.222. The molecule has 5 rings (SSSR count). The van der Waals surface area contributed by atoms with Gasteiger partial charge in [0.25, 0.3) is 0 Å². The summed E-state index contributed by atoms with van der Waals surface area (Å²) < 4.78 is 35.4. The molecule has 6 nitrogen and oxygen atoms in total. The number of pyridine rings is 1. The Hall–Kier alpha value is -4.07. The van der Waals surface area contributed by atoms with Gasteiger partial charge in [0.2, 0.25) is 11.8 Å². The number of benzene rings is 2. The molecule has 1 aliphatic rings. The summed E-state index contributed by atoms with van der Waals surface area (Å²) in [6.07, 6.45) is 0.375. The number of ether oxygens (including phenoxy) is 1. The van der Waals surface area contributed by atoms with Crippen molar-refractivity contribution in [2.75, 3.05) is 5.32 Å². The van der Waals surface area contributed by atoms with Crippen molar-refractivity contribution < 1.29 is 23.1 Å². The molecule has 0 bridgehead atoms. The van der Waals surface area contributed by atoms with Gasteiger partial charge in [-0.1, -0.05) is 24.3 Å².